The normalized spacial score (nSPS) is 19.8. The van der Waals surface area contributed by atoms with Crippen LogP contribution in [0, 0.1) is 0 Å². The number of rotatable bonds is 8. The average molecular weight is 348 g/mol. The Morgan fingerprint density at radius 3 is 1.88 bits per heavy atom. The molecule has 2 aliphatic carbocycles. The van der Waals surface area contributed by atoms with E-state index in [-0.39, 0.29) is 14.2 Å². The first-order valence-electron chi connectivity index (χ1n) is 9.95. The molecule has 0 heterocycles. The molecule has 2 aliphatic rings. The molecule has 3 heteroatoms. The number of hydrogen-bond donors (Lipinski definition) is 0. The van der Waals surface area contributed by atoms with Gasteiger partial charge in [-0.25, -0.2) is 0 Å². The molecule has 1 aromatic carbocycles. The van der Waals surface area contributed by atoms with Crippen LogP contribution in [-0.4, -0.2) is 24.5 Å². The maximum absolute atomic E-state index is 5.97. The monoisotopic (exact) mass is 348 g/mol. The van der Waals surface area contributed by atoms with Crippen molar-refractivity contribution in [1.29, 1.82) is 0 Å². The summed E-state index contributed by atoms with van der Waals surface area (Å²) in [6.07, 6.45) is 11.3. The topological polar surface area (TPSA) is 18.5 Å². The van der Waals surface area contributed by atoms with Gasteiger partial charge in [0.1, 0.15) is 0 Å². The minimum Gasteiger partial charge on any atom is -0.349 e. The zero-order chi connectivity index (χ0) is 16.8. The quantitative estimate of drug-likeness (QED) is 0.440. The third kappa shape index (κ3) is 4.21. The predicted octanol–water partition coefficient (Wildman–Crippen LogP) is 5.75. The van der Waals surface area contributed by atoms with Gasteiger partial charge in [-0.3, -0.25) is 0 Å². The highest BCUT2D eigenvalue weighted by molar-refractivity contribution is 7.67. The second kappa shape index (κ2) is 9.32. The Morgan fingerprint density at radius 1 is 0.875 bits per heavy atom. The van der Waals surface area contributed by atoms with Gasteiger partial charge in [-0.15, -0.1) is 0 Å². The third-order valence-corrected chi connectivity index (χ3v) is 9.11. The van der Waals surface area contributed by atoms with Gasteiger partial charge >= 0.3 is 0 Å². The van der Waals surface area contributed by atoms with E-state index in [0.717, 1.165) is 11.3 Å². The van der Waals surface area contributed by atoms with E-state index in [9.17, 15) is 0 Å². The van der Waals surface area contributed by atoms with Gasteiger partial charge in [-0.2, -0.15) is 0 Å². The molecule has 2 fully saturated rings. The zero-order valence-corrected chi connectivity index (χ0v) is 16.3. The van der Waals surface area contributed by atoms with Crippen molar-refractivity contribution < 1.29 is 9.47 Å². The Hall–Kier alpha value is -0.430. The van der Waals surface area contributed by atoms with Crippen molar-refractivity contribution in [3.05, 3.63) is 29.8 Å². The van der Waals surface area contributed by atoms with Crippen molar-refractivity contribution in [3.8, 4) is 0 Å². The van der Waals surface area contributed by atoms with Crippen LogP contribution in [0.1, 0.15) is 77.1 Å². The van der Waals surface area contributed by atoms with Crippen molar-refractivity contribution in [2.75, 3.05) is 13.2 Å². The summed E-state index contributed by atoms with van der Waals surface area (Å²) in [7, 11) is -0.0927. The molecule has 24 heavy (non-hydrogen) atoms. The summed E-state index contributed by atoms with van der Waals surface area (Å²) in [6.45, 7) is 5.52. The molecule has 0 aromatic heterocycles. The first kappa shape index (κ1) is 18.4. The van der Waals surface area contributed by atoms with Gasteiger partial charge in [0, 0.05) is 18.8 Å². The van der Waals surface area contributed by atoms with E-state index in [2.05, 4.69) is 38.1 Å². The van der Waals surface area contributed by atoms with Crippen LogP contribution in [-0.2, 0) is 9.47 Å². The molecule has 2 saturated carbocycles. The zero-order valence-electron chi connectivity index (χ0n) is 15.4. The van der Waals surface area contributed by atoms with Gasteiger partial charge in [-0.1, -0.05) is 57.9 Å². The van der Waals surface area contributed by atoms with Crippen molar-refractivity contribution in [3.63, 3.8) is 0 Å². The second-order valence-corrected chi connectivity index (χ2v) is 9.84. The molecular formula is C21H33O2P. The molecule has 0 amide bonds. The molecule has 1 aromatic rings. The Morgan fingerprint density at radius 2 is 1.38 bits per heavy atom. The minimum atomic E-state index is -0.191. The maximum Gasteiger partial charge on any atom is 0.184 e. The fourth-order valence-electron chi connectivity index (χ4n) is 4.51. The SMILES string of the molecule is CCOC(OCC)c1ccccc1P(C1CCCC1)C1CCCC1. The molecule has 0 saturated heterocycles. The van der Waals surface area contributed by atoms with E-state index in [1.165, 1.54) is 56.9 Å². The summed E-state index contributed by atoms with van der Waals surface area (Å²) in [5.41, 5.74) is 3.16. The molecule has 3 rings (SSSR count). The van der Waals surface area contributed by atoms with E-state index < -0.39 is 0 Å². The van der Waals surface area contributed by atoms with Crippen LogP contribution >= 0.6 is 7.92 Å². The van der Waals surface area contributed by atoms with E-state index in [4.69, 9.17) is 9.47 Å². The van der Waals surface area contributed by atoms with Crippen molar-refractivity contribution in [2.24, 2.45) is 0 Å². The summed E-state index contributed by atoms with van der Waals surface area (Å²) < 4.78 is 11.9. The number of benzene rings is 1. The van der Waals surface area contributed by atoms with Crippen molar-refractivity contribution >= 4 is 13.2 Å². The molecule has 0 radical (unpaired) electrons. The van der Waals surface area contributed by atoms with Crippen LogP contribution in [0.3, 0.4) is 0 Å². The minimum absolute atomic E-state index is 0.0927. The average Bonchev–Trinajstić information content (AvgIpc) is 3.30. The fraction of sp³-hybridized carbons (Fsp3) is 0.714. The predicted molar refractivity (Wildman–Crippen MR) is 104 cm³/mol. The first-order chi connectivity index (χ1) is 11.8. The Kier molecular flexibility index (Phi) is 7.13. The Labute approximate surface area is 149 Å². The van der Waals surface area contributed by atoms with Gasteiger partial charge in [-0.05, 0) is 56.2 Å². The molecule has 0 aliphatic heterocycles. The number of ether oxygens (including phenoxy) is 2. The van der Waals surface area contributed by atoms with E-state index >= 15 is 0 Å². The van der Waals surface area contributed by atoms with Crippen LogP contribution in [0.5, 0.6) is 0 Å². The Bertz CT molecular complexity index is 470. The lowest BCUT2D eigenvalue weighted by Crippen LogP contribution is -2.25. The Balaban J connectivity index is 1.94. The molecule has 0 atom stereocenters. The van der Waals surface area contributed by atoms with Gasteiger partial charge in [0.15, 0.2) is 6.29 Å². The summed E-state index contributed by atoms with van der Waals surface area (Å²) in [4.78, 5) is 0. The standard InChI is InChI=1S/C21H33O2P/c1-3-22-21(23-4-2)19-15-9-10-16-20(19)24(17-11-5-6-12-17)18-13-7-8-14-18/h9-10,15-18,21H,3-8,11-14H2,1-2H3. The lowest BCUT2D eigenvalue weighted by molar-refractivity contribution is -0.139. The van der Waals surface area contributed by atoms with Crippen LogP contribution < -0.4 is 5.30 Å². The lowest BCUT2D eigenvalue weighted by Gasteiger charge is -2.33. The molecule has 0 N–H and O–H groups in total. The summed E-state index contributed by atoms with van der Waals surface area (Å²) in [5.74, 6) is 0. The van der Waals surface area contributed by atoms with E-state index in [1.807, 2.05) is 0 Å². The summed E-state index contributed by atoms with van der Waals surface area (Å²) in [6, 6.07) is 9.03. The van der Waals surface area contributed by atoms with Gasteiger partial charge in [0.25, 0.3) is 0 Å². The van der Waals surface area contributed by atoms with Crippen LogP contribution in [0.4, 0.5) is 0 Å². The molecule has 2 nitrogen and oxygen atoms in total. The number of hydrogen-bond acceptors (Lipinski definition) is 2. The molecule has 0 spiro atoms. The highest BCUT2D eigenvalue weighted by Gasteiger charge is 2.35. The molecule has 134 valence electrons. The van der Waals surface area contributed by atoms with Crippen LogP contribution in [0.15, 0.2) is 24.3 Å². The lowest BCUT2D eigenvalue weighted by atomic mass is 10.2. The first-order valence-corrected chi connectivity index (χ1v) is 11.4. The van der Waals surface area contributed by atoms with Crippen molar-refractivity contribution in [2.45, 2.75) is 82.8 Å². The second-order valence-electron chi connectivity index (χ2n) is 7.09. The maximum atomic E-state index is 5.97. The highest BCUT2D eigenvalue weighted by Crippen LogP contribution is 2.57. The van der Waals surface area contributed by atoms with Gasteiger partial charge in [0.05, 0.1) is 0 Å². The fourth-order valence-corrected chi connectivity index (χ4v) is 8.47. The molecule has 0 unspecified atom stereocenters. The largest absolute Gasteiger partial charge is 0.349 e. The molecular weight excluding hydrogens is 315 g/mol. The van der Waals surface area contributed by atoms with Crippen molar-refractivity contribution in [1.82, 2.24) is 0 Å². The summed E-state index contributed by atoms with van der Waals surface area (Å²) >= 11 is 0. The van der Waals surface area contributed by atoms with E-state index in [1.54, 1.807) is 5.30 Å². The van der Waals surface area contributed by atoms with Crippen LogP contribution in [0.25, 0.3) is 0 Å². The smallest absolute Gasteiger partial charge is 0.184 e. The van der Waals surface area contributed by atoms with E-state index in [0.29, 0.717) is 13.2 Å². The summed E-state index contributed by atoms with van der Waals surface area (Å²) in [5, 5.41) is 1.58. The molecule has 0 bridgehead atoms. The van der Waals surface area contributed by atoms with Gasteiger partial charge < -0.3 is 9.47 Å². The third-order valence-electron chi connectivity index (χ3n) is 5.54. The highest BCUT2D eigenvalue weighted by atomic mass is 31.1. The van der Waals surface area contributed by atoms with Crippen LogP contribution in [0.2, 0.25) is 0 Å². The van der Waals surface area contributed by atoms with Gasteiger partial charge in [0.2, 0.25) is 0 Å².